The molecule has 27 heavy (non-hydrogen) atoms. The first-order valence-electron chi connectivity index (χ1n) is 8.67. The van der Waals surface area contributed by atoms with Gasteiger partial charge in [-0.2, -0.15) is 5.10 Å². The molecule has 4 rings (SSSR count). The third-order valence-electron chi connectivity index (χ3n) is 5.24. The van der Waals surface area contributed by atoms with Gasteiger partial charge < -0.3 is 10.4 Å². The molecule has 1 aromatic heterocycles. The third-order valence-corrected chi connectivity index (χ3v) is 6.99. The monoisotopic (exact) mass is 389 g/mol. The van der Waals surface area contributed by atoms with Crippen LogP contribution in [0.15, 0.2) is 24.3 Å². The Morgan fingerprint density at radius 3 is 2.59 bits per heavy atom. The van der Waals surface area contributed by atoms with E-state index in [4.69, 9.17) is 5.11 Å². The maximum Gasteiger partial charge on any atom is 0.335 e. The van der Waals surface area contributed by atoms with E-state index >= 15 is 0 Å². The Balaban J connectivity index is 1.76. The van der Waals surface area contributed by atoms with Crippen LogP contribution in [0.25, 0.3) is 0 Å². The van der Waals surface area contributed by atoms with Gasteiger partial charge in [0, 0.05) is 17.9 Å². The first kappa shape index (κ1) is 17.7. The van der Waals surface area contributed by atoms with Crippen molar-refractivity contribution in [1.82, 2.24) is 9.78 Å². The topological polar surface area (TPSA) is 118 Å². The van der Waals surface area contributed by atoms with Crippen LogP contribution in [0.5, 0.6) is 0 Å². The molecule has 1 aromatic carbocycles. The molecule has 1 fully saturated rings. The number of carbonyl (C=O) groups excluding carboxylic acids is 1. The van der Waals surface area contributed by atoms with Crippen molar-refractivity contribution in [3.63, 3.8) is 0 Å². The van der Waals surface area contributed by atoms with E-state index in [0.717, 1.165) is 16.8 Å². The van der Waals surface area contributed by atoms with Crippen molar-refractivity contribution in [2.24, 2.45) is 0 Å². The van der Waals surface area contributed by atoms with Crippen molar-refractivity contribution in [2.45, 2.75) is 31.7 Å². The number of hydrogen-bond donors (Lipinski definition) is 2. The van der Waals surface area contributed by atoms with E-state index in [1.807, 2.05) is 6.92 Å². The molecule has 0 saturated carbocycles. The van der Waals surface area contributed by atoms with Crippen molar-refractivity contribution >= 4 is 27.5 Å². The maximum atomic E-state index is 12.3. The van der Waals surface area contributed by atoms with Crippen LogP contribution >= 0.6 is 0 Å². The Hall–Kier alpha value is -2.68. The first-order valence-corrected chi connectivity index (χ1v) is 10.5. The molecule has 0 spiro atoms. The van der Waals surface area contributed by atoms with Gasteiger partial charge in [0.25, 0.3) is 0 Å². The molecule has 1 amide bonds. The molecule has 142 valence electrons. The van der Waals surface area contributed by atoms with Crippen molar-refractivity contribution in [3.8, 4) is 0 Å². The fourth-order valence-electron chi connectivity index (χ4n) is 3.95. The molecular formula is C18H19N3O5S. The molecule has 2 aliphatic heterocycles. The molecule has 9 heteroatoms. The summed E-state index contributed by atoms with van der Waals surface area (Å²) in [7, 11) is -3.08. The van der Waals surface area contributed by atoms with Gasteiger partial charge in [-0.3, -0.25) is 4.79 Å². The standard InChI is InChI=1S/C18H19N3O5S/c1-10-16-14(11-2-4-12(5-3-11)18(23)24)8-15(22)19-17(16)21(20-10)13-6-7-27(25,26)9-13/h2-5,13-14H,6-9H2,1H3,(H,19,22)(H,23,24)/t13-,14-/m0/s1. The number of rotatable bonds is 3. The van der Waals surface area contributed by atoms with Crippen LogP contribution in [0, 0.1) is 6.92 Å². The summed E-state index contributed by atoms with van der Waals surface area (Å²) in [6.07, 6.45) is 0.707. The summed E-state index contributed by atoms with van der Waals surface area (Å²) in [6.45, 7) is 1.84. The van der Waals surface area contributed by atoms with Gasteiger partial charge in [0.1, 0.15) is 5.82 Å². The SMILES string of the molecule is Cc1nn([C@H]2CCS(=O)(=O)C2)c2c1[C@H](c1ccc(C(=O)O)cc1)CC(=O)N2. The second-order valence-electron chi connectivity index (χ2n) is 7.08. The van der Waals surface area contributed by atoms with Crippen molar-refractivity contribution in [3.05, 3.63) is 46.6 Å². The van der Waals surface area contributed by atoms with E-state index < -0.39 is 15.8 Å². The largest absolute Gasteiger partial charge is 0.478 e. The molecule has 2 aliphatic rings. The van der Waals surface area contributed by atoms with E-state index in [1.165, 1.54) is 12.1 Å². The molecule has 1 saturated heterocycles. The van der Waals surface area contributed by atoms with Gasteiger partial charge in [0.15, 0.2) is 9.84 Å². The molecule has 3 heterocycles. The van der Waals surface area contributed by atoms with Crippen LogP contribution in [0.4, 0.5) is 5.82 Å². The van der Waals surface area contributed by atoms with Crippen LogP contribution in [0.2, 0.25) is 0 Å². The van der Waals surface area contributed by atoms with Crippen LogP contribution < -0.4 is 5.32 Å². The quantitative estimate of drug-likeness (QED) is 0.825. The molecule has 8 nitrogen and oxygen atoms in total. The number of anilines is 1. The number of nitrogens with one attached hydrogen (secondary N) is 1. The molecule has 0 radical (unpaired) electrons. The lowest BCUT2D eigenvalue weighted by atomic mass is 9.85. The van der Waals surface area contributed by atoms with Crippen LogP contribution in [-0.4, -0.2) is 46.7 Å². The van der Waals surface area contributed by atoms with Crippen molar-refractivity contribution in [1.29, 1.82) is 0 Å². The highest BCUT2D eigenvalue weighted by Crippen LogP contribution is 2.41. The van der Waals surface area contributed by atoms with Gasteiger partial charge in [-0.15, -0.1) is 0 Å². The lowest BCUT2D eigenvalue weighted by Gasteiger charge is -2.25. The van der Waals surface area contributed by atoms with E-state index in [2.05, 4.69) is 10.4 Å². The second kappa shape index (κ2) is 6.19. The van der Waals surface area contributed by atoms with Gasteiger partial charge in [-0.25, -0.2) is 17.9 Å². The van der Waals surface area contributed by atoms with E-state index in [1.54, 1.807) is 16.8 Å². The number of hydrogen-bond acceptors (Lipinski definition) is 5. The summed E-state index contributed by atoms with van der Waals surface area (Å²) < 4.78 is 25.3. The van der Waals surface area contributed by atoms with Crippen molar-refractivity contribution < 1.29 is 23.1 Å². The van der Waals surface area contributed by atoms with Gasteiger partial charge >= 0.3 is 5.97 Å². The highest BCUT2D eigenvalue weighted by molar-refractivity contribution is 7.91. The fraction of sp³-hybridized carbons (Fsp3) is 0.389. The minimum atomic E-state index is -3.08. The number of aryl methyl sites for hydroxylation is 1. The van der Waals surface area contributed by atoms with E-state index in [0.29, 0.717) is 12.2 Å². The number of sulfone groups is 1. The number of aromatic carboxylic acids is 1. The Bertz CT molecular complexity index is 1040. The summed E-state index contributed by atoms with van der Waals surface area (Å²) in [5.74, 6) is -0.721. The number of carboxylic acid groups (broad SMARTS) is 1. The summed E-state index contributed by atoms with van der Waals surface area (Å²) in [4.78, 5) is 23.4. The van der Waals surface area contributed by atoms with Gasteiger partial charge in [0.05, 0.1) is 28.8 Å². The zero-order chi connectivity index (χ0) is 19.3. The molecular weight excluding hydrogens is 370 g/mol. The average molecular weight is 389 g/mol. The van der Waals surface area contributed by atoms with Gasteiger partial charge in [-0.05, 0) is 31.0 Å². The lowest BCUT2D eigenvalue weighted by molar-refractivity contribution is -0.116. The summed E-state index contributed by atoms with van der Waals surface area (Å²) in [6, 6.07) is 6.19. The fourth-order valence-corrected chi connectivity index (χ4v) is 5.64. The van der Waals surface area contributed by atoms with Crippen molar-refractivity contribution in [2.75, 3.05) is 16.8 Å². The molecule has 0 bridgehead atoms. The highest BCUT2D eigenvalue weighted by atomic mass is 32.2. The Morgan fingerprint density at radius 2 is 2.00 bits per heavy atom. The van der Waals surface area contributed by atoms with E-state index in [9.17, 15) is 18.0 Å². The normalized spacial score (nSPS) is 23.7. The Kier molecular flexibility index (Phi) is 4.06. The summed E-state index contributed by atoms with van der Waals surface area (Å²) >= 11 is 0. The predicted molar refractivity (Wildman–Crippen MR) is 97.8 cm³/mol. The maximum absolute atomic E-state index is 12.3. The summed E-state index contributed by atoms with van der Waals surface area (Å²) in [5.41, 5.74) is 2.61. The smallest absolute Gasteiger partial charge is 0.335 e. The van der Waals surface area contributed by atoms with Crippen LogP contribution in [0.3, 0.4) is 0 Å². The lowest BCUT2D eigenvalue weighted by Crippen LogP contribution is -2.26. The molecule has 2 N–H and O–H groups in total. The Morgan fingerprint density at radius 1 is 1.30 bits per heavy atom. The van der Waals surface area contributed by atoms with E-state index in [-0.39, 0.29) is 41.4 Å². The number of carbonyl (C=O) groups is 2. The predicted octanol–water partition coefficient (Wildman–Crippen LogP) is 1.72. The molecule has 2 aromatic rings. The van der Waals surface area contributed by atoms with Crippen LogP contribution in [-0.2, 0) is 14.6 Å². The van der Waals surface area contributed by atoms with Crippen LogP contribution in [0.1, 0.15) is 52.0 Å². The zero-order valence-corrected chi connectivity index (χ0v) is 15.5. The molecule has 0 unspecified atom stereocenters. The summed E-state index contributed by atoms with van der Waals surface area (Å²) in [5, 5.41) is 16.5. The van der Waals surface area contributed by atoms with Gasteiger partial charge in [0.2, 0.25) is 5.91 Å². The minimum absolute atomic E-state index is 0.0222. The third kappa shape index (κ3) is 3.12. The second-order valence-corrected chi connectivity index (χ2v) is 9.31. The Labute approximate surface area is 156 Å². The molecule has 2 atom stereocenters. The number of nitrogens with zero attached hydrogens (tertiary/aromatic N) is 2. The number of amides is 1. The number of fused-ring (bicyclic) bond motifs is 1. The first-order chi connectivity index (χ1) is 12.7. The number of aromatic nitrogens is 2. The average Bonchev–Trinajstić information content (AvgIpc) is 3.13. The highest BCUT2D eigenvalue weighted by Gasteiger charge is 2.37. The minimum Gasteiger partial charge on any atom is -0.478 e. The molecule has 0 aliphatic carbocycles. The number of carboxylic acids is 1. The zero-order valence-electron chi connectivity index (χ0n) is 14.7. The van der Waals surface area contributed by atoms with Gasteiger partial charge in [-0.1, -0.05) is 12.1 Å². The number of benzene rings is 1.